The number of carbonyl (C=O) groups excluding carboxylic acids is 1. The molecule has 1 unspecified atom stereocenters. The fourth-order valence-corrected chi connectivity index (χ4v) is 2.37. The predicted octanol–water partition coefficient (Wildman–Crippen LogP) is 1.72. The van der Waals surface area contributed by atoms with Crippen molar-refractivity contribution >= 4 is 6.03 Å². The maximum atomic E-state index is 13.3. The summed E-state index contributed by atoms with van der Waals surface area (Å²) in [5, 5.41) is 5.08. The van der Waals surface area contributed by atoms with Crippen LogP contribution in [0, 0.1) is 0 Å². The first kappa shape index (κ1) is 15.1. The van der Waals surface area contributed by atoms with Crippen molar-refractivity contribution in [2.45, 2.75) is 44.4 Å². The molecule has 2 amide bonds. The molecule has 0 radical (unpaired) electrons. The van der Waals surface area contributed by atoms with Gasteiger partial charge in [0.05, 0.1) is 0 Å². The fraction of sp³-hybridized carbons (Fsp3) is 0.909. The molecule has 106 valence electrons. The summed E-state index contributed by atoms with van der Waals surface area (Å²) in [4.78, 5) is 12.8. The molecule has 0 bridgehead atoms. The van der Waals surface area contributed by atoms with Gasteiger partial charge in [-0.3, -0.25) is 0 Å². The van der Waals surface area contributed by atoms with E-state index in [-0.39, 0.29) is 25.6 Å². The number of hydrogen-bond acceptors (Lipinski definition) is 2. The molecule has 1 fully saturated rings. The first-order chi connectivity index (χ1) is 8.24. The number of rotatable bonds is 3. The SMILES string of the molecule is CNCC1(C(F)(F)F)CCCN1C(=O)NC(C)C. The second-order valence-electron chi connectivity index (χ2n) is 4.92. The molecule has 0 aliphatic carbocycles. The van der Waals surface area contributed by atoms with E-state index < -0.39 is 17.7 Å². The minimum Gasteiger partial charge on any atom is -0.336 e. The van der Waals surface area contributed by atoms with Gasteiger partial charge in [0, 0.05) is 19.1 Å². The van der Waals surface area contributed by atoms with Gasteiger partial charge < -0.3 is 15.5 Å². The Morgan fingerprint density at radius 1 is 1.44 bits per heavy atom. The van der Waals surface area contributed by atoms with E-state index in [1.807, 2.05) is 0 Å². The highest BCUT2D eigenvalue weighted by Gasteiger charge is 2.61. The van der Waals surface area contributed by atoms with Crippen LogP contribution in [0.15, 0.2) is 0 Å². The summed E-state index contributed by atoms with van der Waals surface area (Å²) < 4.78 is 39.9. The Hall–Kier alpha value is -0.980. The van der Waals surface area contributed by atoms with Crippen LogP contribution in [-0.4, -0.2) is 48.8 Å². The number of halogens is 3. The van der Waals surface area contributed by atoms with Crippen LogP contribution in [-0.2, 0) is 0 Å². The third kappa shape index (κ3) is 2.71. The van der Waals surface area contributed by atoms with Gasteiger partial charge in [-0.15, -0.1) is 0 Å². The van der Waals surface area contributed by atoms with Gasteiger partial charge in [0.1, 0.15) is 0 Å². The molecule has 7 heteroatoms. The number of carbonyl (C=O) groups is 1. The molecule has 0 aromatic rings. The lowest BCUT2D eigenvalue weighted by Gasteiger charge is -2.40. The average Bonchev–Trinajstić information content (AvgIpc) is 2.61. The Morgan fingerprint density at radius 2 is 2.06 bits per heavy atom. The summed E-state index contributed by atoms with van der Waals surface area (Å²) in [5.41, 5.74) is -2.08. The Kier molecular flexibility index (Phi) is 4.47. The molecule has 1 aliphatic rings. The van der Waals surface area contributed by atoms with E-state index in [9.17, 15) is 18.0 Å². The number of likely N-dealkylation sites (N-methyl/N-ethyl adjacent to an activating group) is 1. The standard InChI is InChI=1S/C11H20F3N3O/c1-8(2)16-9(18)17-6-4-5-10(17,7-15-3)11(12,13)14/h8,15H,4-7H2,1-3H3,(H,16,18). The Morgan fingerprint density at radius 3 is 2.50 bits per heavy atom. The highest BCUT2D eigenvalue weighted by Crippen LogP contribution is 2.42. The monoisotopic (exact) mass is 267 g/mol. The molecule has 0 aromatic carbocycles. The average molecular weight is 267 g/mol. The summed E-state index contributed by atoms with van der Waals surface area (Å²) >= 11 is 0. The van der Waals surface area contributed by atoms with Gasteiger partial charge in [-0.1, -0.05) is 0 Å². The third-order valence-electron chi connectivity index (χ3n) is 3.14. The summed E-state index contributed by atoms with van der Waals surface area (Å²) in [6, 6.07) is -0.825. The quantitative estimate of drug-likeness (QED) is 0.817. The van der Waals surface area contributed by atoms with Gasteiger partial charge in [0.2, 0.25) is 0 Å². The molecule has 18 heavy (non-hydrogen) atoms. The van der Waals surface area contributed by atoms with Crippen molar-refractivity contribution in [2.75, 3.05) is 20.1 Å². The van der Waals surface area contributed by atoms with Crippen molar-refractivity contribution < 1.29 is 18.0 Å². The van der Waals surface area contributed by atoms with Crippen molar-refractivity contribution in [1.29, 1.82) is 0 Å². The summed E-state index contributed by atoms with van der Waals surface area (Å²) in [6.07, 6.45) is -4.11. The molecule has 1 saturated heterocycles. The Bertz CT molecular complexity index is 306. The second-order valence-corrected chi connectivity index (χ2v) is 4.92. The van der Waals surface area contributed by atoms with E-state index in [1.165, 1.54) is 7.05 Å². The molecule has 1 heterocycles. The van der Waals surface area contributed by atoms with Crippen molar-refractivity contribution in [2.24, 2.45) is 0 Å². The van der Waals surface area contributed by atoms with Crippen LogP contribution in [0.2, 0.25) is 0 Å². The van der Waals surface area contributed by atoms with Gasteiger partial charge in [-0.25, -0.2) is 4.79 Å². The third-order valence-corrected chi connectivity index (χ3v) is 3.14. The molecular formula is C11H20F3N3O. The minimum atomic E-state index is -4.43. The van der Waals surface area contributed by atoms with Gasteiger partial charge in [-0.05, 0) is 33.7 Å². The molecule has 0 saturated carbocycles. The summed E-state index contributed by atoms with van der Waals surface area (Å²) in [5.74, 6) is 0. The van der Waals surface area contributed by atoms with Crippen LogP contribution in [0.5, 0.6) is 0 Å². The molecule has 1 aliphatic heterocycles. The lowest BCUT2D eigenvalue weighted by atomic mass is 9.95. The molecule has 1 rings (SSSR count). The van der Waals surface area contributed by atoms with E-state index in [0.717, 1.165) is 4.90 Å². The number of hydrogen-bond donors (Lipinski definition) is 2. The number of nitrogens with zero attached hydrogens (tertiary/aromatic N) is 1. The van der Waals surface area contributed by atoms with Gasteiger partial charge in [-0.2, -0.15) is 13.2 Å². The first-order valence-electron chi connectivity index (χ1n) is 6.04. The molecule has 0 spiro atoms. The lowest BCUT2D eigenvalue weighted by Crippen LogP contribution is -2.64. The van der Waals surface area contributed by atoms with Crippen LogP contribution < -0.4 is 10.6 Å². The topological polar surface area (TPSA) is 44.4 Å². The molecule has 2 N–H and O–H groups in total. The predicted molar refractivity (Wildman–Crippen MR) is 62.3 cm³/mol. The highest BCUT2D eigenvalue weighted by molar-refractivity contribution is 5.76. The molecule has 1 atom stereocenters. The van der Waals surface area contributed by atoms with Crippen molar-refractivity contribution in [3.8, 4) is 0 Å². The van der Waals surface area contributed by atoms with Crippen LogP contribution in [0.3, 0.4) is 0 Å². The maximum absolute atomic E-state index is 13.3. The first-order valence-corrected chi connectivity index (χ1v) is 6.04. The smallest absolute Gasteiger partial charge is 0.336 e. The molecule has 4 nitrogen and oxygen atoms in total. The Balaban J connectivity index is 2.98. The van der Waals surface area contributed by atoms with Crippen molar-refractivity contribution in [1.82, 2.24) is 15.5 Å². The normalized spacial score (nSPS) is 24.7. The minimum absolute atomic E-state index is 0.0527. The van der Waals surface area contributed by atoms with Crippen LogP contribution in [0.25, 0.3) is 0 Å². The zero-order valence-electron chi connectivity index (χ0n) is 10.9. The number of amides is 2. The van der Waals surface area contributed by atoms with E-state index in [4.69, 9.17) is 0 Å². The lowest BCUT2D eigenvalue weighted by molar-refractivity contribution is -0.213. The van der Waals surface area contributed by atoms with Crippen molar-refractivity contribution in [3.63, 3.8) is 0 Å². The van der Waals surface area contributed by atoms with E-state index >= 15 is 0 Å². The summed E-state index contributed by atoms with van der Waals surface area (Å²) in [6.45, 7) is 3.31. The fourth-order valence-electron chi connectivity index (χ4n) is 2.37. The zero-order valence-corrected chi connectivity index (χ0v) is 10.9. The van der Waals surface area contributed by atoms with Crippen LogP contribution in [0.1, 0.15) is 26.7 Å². The summed E-state index contributed by atoms with van der Waals surface area (Å²) in [7, 11) is 1.46. The number of likely N-dealkylation sites (tertiary alicyclic amines) is 1. The second kappa shape index (κ2) is 5.34. The van der Waals surface area contributed by atoms with E-state index in [2.05, 4.69) is 10.6 Å². The number of urea groups is 1. The van der Waals surface area contributed by atoms with Gasteiger partial charge in [0.25, 0.3) is 0 Å². The molecule has 0 aromatic heterocycles. The van der Waals surface area contributed by atoms with E-state index in [1.54, 1.807) is 13.8 Å². The number of alkyl halides is 3. The highest BCUT2D eigenvalue weighted by atomic mass is 19.4. The van der Waals surface area contributed by atoms with Crippen molar-refractivity contribution in [3.05, 3.63) is 0 Å². The largest absolute Gasteiger partial charge is 0.413 e. The number of nitrogens with one attached hydrogen (secondary N) is 2. The van der Waals surface area contributed by atoms with Crippen LogP contribution >= 0.6 is 0 Å². The van der Waals surface area contributed by atoms with Gasteiger partial charge in [0.15, 0.2) is 5.54 Å². The Labute approximate surface area is 105 Å². The van der Waals surface area contributed by atoms with Gasteiger partial charge >= 0.3 is 12.2 Å². The van der Waals surface area contributed by atoms with Crippen LogP contribution in [0.4, 0.5) is 18.0 Å². The zero-order chi connectivity index (χ0) is 14.0. The van der Waals surface area contributed by atoms with E-state index in [0.29, 0.717) is 6.42 Å². The molecular weight excluding hydrogens is 247 g/mol. The maximum Gasteiger partial charge on any atom is 0.413 e.